The fourth-order valence-electron chi connectivity index (χ4n) is 2.52. The Labute approximate surface area is 148 Å². The molecule has 3 rings (SSSR count). The van der Waals surface area contributed by atoms with Gasteiger partial charge in [0.05, 0.1) is 15.6 Å². The van der Waals surface area contributed by atoms with Gasteiger partial charge >= 0.3 is 0 Å². The topological polar surface area (TPSA) is 97.6 Å². The fourth-order valence-corrected chi connectivity index (χ4v) is 5.57. The lowest BCUT2D eigenvalue weighted by molar-refractivity contribution is -0.384. The minimum absolute atomic E-state index is 0.00154. The highest BCUT2D eigenvalue weighted by Crippen LogP contribution is 2.42. The maximum atomic E-state index is 12.9. The molecular weight excluding hydrogens is 364 g/mol. The molecule has 25 heavy (non-hydrogen) atoms. The Kier molecular flexibility index (Phi) is 4.53. The van der Waals surface area contributed by atoms with Gasteiger partial charge in [-0.3, -0.25) is 14.9 Å². The summed E-state index contributed by atoms with van der Waals surface area (Å²) in [4.78, 5) is 22.7. The number of hydrogen-bond donors (Lipinski definition) is 0. The first kappa shape index (κ1) is 17.4. The molecular formula is C16H14N2O5S2. The van der Waals surface area contributed by atoms with Gasteiger partial charge < -0.3 is 0 Å². The minimum Gasteiger partial charge on any atom is -0.273 e. The van der Waals surface area contributed by atoms with Crippen molar-refractivity contribution in [1.82, 2.24) is 4.31 Å². The van der Waals surface area contributed by atoms with E-state index in [9.17, 15) is 23.3 Å². The molecule has 1 aliphatic heterocycles. The van der Waals surface area contributed by atoms with Gasteiger partial charge in [-0.1, -0.05) is 29.8 Å². The predicted molar refractivity (Wildman–Crippen MR) is 93.5 cm³/mol. The molecule has 1 atom stereocenters. The van der Waals surface area contributed by atoms with E-state index >= 15 is 0 Å². The Bertz CT molecular complexity index is 941. The molecule has 0 aliphatic carbocycles. The number of sulfonamides is 1. The van der Waals surface area contributed by atoms with Crippen LogP contribution in [-0.4, -0.2) is 29.3 Å². The summed E-state index contributed by atoms with van der Waals surface area (Å²) in [6.45, 7) is 1.83. The summed E-state index contributed by atoms with van der Waals surface area (Å²) < 4.78 is 26.7. The van der Waals surface area contributed by atoms with E-state index in [4.69, 9.17) is 0 Å². The Morgan fingerprint density at radius 2 is 1.88 bits per heavy atom. The van der Waals surface area contributed by atoms with Crippen LogP contribution in [0.1, 0.15) is 16.5 Å². The minimum atomic E-state index is -4.04. The highest BCUT2D eigenvalue weighted by Gasteiger charge is 2.42. The molecule has 1 unspecified atom stereocenters. The number of carbonyl (C=O) groups excluding carboxylic acids is 1. The molecule has 130 valence electrons. The van der Waals surface area contributed by atoms with Crippen molar-refractivity contribution in [3.8, 4) is 0 Å². The zero-order valence-corrected chi connectivity index (χ0v) is 14.8. The SMILES string of the molecule is Cc1ccc(S(=O)(=O)N2C(=O)CSC2c2cccc([N+](=O)[O-])c2)cc1. The number of aryl methyl sites for hydroxylation is 1. The van der Waals surface area contributed by atoms with Gasteiger partial charge in [-0.2, -0.15) is 0 Å². The van der Waals surface area contributed by atoms with Crippen molar-refractivity contribution in [3.05, 3.63) is 69.8 Å². The monoisotopic (exact) mass is 378 g/mol. The van der Waals surface area contributed by atoms with Gasteiger partial charge in [0.2, 0.25) is 5.91 Å². The number of thioether (sulfide) groups is 1. The van der Waals surface area contributed by atoms with Gasteiger partial charge in [0.25, 0.3) is 15.7 Å². The van der Waals surface area contributed by atoms with Crippen LogP contribution in [0.5, 0.6) is 0 Å². The highest BCUT2D eigenvalue weighted by molar-refractivity contribution is 8.02. The van der Waals surface area contributed by atoms with Crippen LogP contribution in [0.3, 0.4) is 0 Å². The molecule has 1 saturated heterocycles. The number of hydrogen-bond acceptors (Lipinski definition) is 6. The highest BCUT2D eigenvalue weighted by atomic mass is 32.2. The molecule has 0 spiro atoms. The van der Waals surface area contributed by atoms with E-state index in [-0.39, 0.29) is 16.3 Å². The van der Waals surface area contributed by atoms with Crippen LogP contribution in [0.15, 0.2) is 53.4 Å². The maximum absolute atomic E-state index is 12.9. The fraction of sp³-hybridized carbons (Fsp3) is 0.188. The van der Waals surface area contributed by atoms with Crippen molar-refractivity contribution in [1.29, 1.82) is 0 Å². The van der Waals surface area contributed by atoms with Gasteiger partial charge in [0.1, 0.15) is 5.37 Å². The summed E-state index contributed by atoms with van der Waals surface area (Å²) in [5.74, 6) is -0.541. The van der Waals surface area contributed by atoms with Gasteiger partial charge in [-0.25, -0.2) is 12.7 Å². The number of nitro groups is 1. The molecule has 0 saturated carbocycles. The lowest BCUT2D eigenvalue weighted by Crippen LogP contribution is -2.34. The Balaban J connectivity index is 2.04. The second kappa shape index (κ2) is 6.49. The molecule has 0 bridgehead atoms. The van der Waals surface area contributed by atoms with Crippen LogP contribution in [0.2, 0.25) is 0 Å². The van der Waals surface area contributed by atoms with Gasteiger partial charge in [-0.05, 0) is 24.6 Å². The van der Waals surface area contributed by atoms with Crippen LogP contribution in [0.4, 0.5) is 5.69 Å². The van der Waals surface area contributed by atoms with Crippen molar-refractivity contribution in [2.24, 2.45) is 0 Å². The molecule has 0 radical (unpaired) electrons. The number of amides is 1. The van der Waals surface area contributed by atoms with Crippen LogP contribution in [0.25, 0.3) is 0 Å². The number of nitrogens with zero attached hydrogens (tertiary/aromatic N) is 2. The lowest BCUT2D eigenvalue weighted by atomic mass is 10.2. The molecule has 1 aliphatic rings. The van der Waals surface area contributed by atoms with E-state index in [1.807, 2.05) is 6.92 Å². The third-order valence-electron chi connectivity index (χ3n) is 3.77. The van der Waals surface area contributed by atoms with Crippen LogP contribution < -0.4 is 0 Å². The average Bonchev–Trinajstić information content (AvgIpc) is 2.98. The third-order valence-corrected chi connectivity index (χ3v) is 6.91. The summed E-state index contributed by atoms with van der Waals surface area (Å²) in [5.41, 5.74) is 1.15. The van der Waals surface area contributed by atoms with E-state index in [1.165, 1.54) is 30.3 Å². The van der Waals surface area contributed by atoms with E-state index in [0.717, 1.165) is 21.6 Å². The smallest absolute Gasteiger partial charge is 0.269 e. The van der Waals surface area contributed by atoms with Gasteiger partial charge in [0.15, 0.2) is 0 Å². The van der Waals surface area contributed by atoms with Crippen molar-refractivity contribution in [3.63, 3.8) is 0 Å². The number of non-ortho nitro benzene ring substituents is 1. The quantitative estimate of drug-likeness (QED) is 0.599. The van der Waals surface area contributed by atoms with Crippen LogP contribution in [0, 0.1) is 17.0 Å². The zero-order valence-electron chi connectivity index (χ0n) is 13.2. The Hall–Kier alpha value is -2.39. The molecule has 1 heterocycles. The third kappa shape index (κ3) is 3.24. The molecule has 2 aromatic carbocycles. The first-order chi connectivity index (χ1) is 11.8. The number of benzene rings is 2. The van der Waals surface area contributed by atoms with Gasteiger partial charge in [-0.15, -0.1) is 11.8 Å². The van der Waals surface area contributed by atoms with Crippen molar-refractivity contribution in [2.45, 2.75) is 17.2 Å². The number of nitro benzene ring substituents is 1. The number of rotatable bonds is 4. The van der Waals surface area contributed by atoms with E-state index in [0.29, 0.717) is 5.56 Å². The molecule has 9 heteroatoms. The molecule has 0 N–H and O–H groups in total. The van der Waals surface area contributed by atoms with Gasteiger partial charge in [0, 0.05) is 12.1 Å². The zero-order chi connectivity index (χ0) is 18.2. The average molecular weight is 378 g/mol. The Morgan fingerprint density at radius 1 is 1.20 bits per heavy atom. The molecule has 1 fully saturated rings. The molecule has 7 nitrogen and oxygen atoms in total. The Morgan fingerprint density at radius 3 is 2.52 bits per heavy atom. The molecule has 2 aromatic rings. The van der Waals surface area contributed by atoms with E-state index in [1.54, 1.807) is 18.2 Å². The largest absolute Gasteiger partial charge is 0.273 e. The first-order valence-electron chi connectivity index (χ1n) is 7.30. The second-order valence-electron chi connectivity index (χ2n) is 5.52. The summed E-state index contributed by atoms with van der Waals surface area (Å²) in [6, 6.07) is 11.9. The van der Waals surface area contributed by atoms with E-state index in [2.05, 4.69) is 0 Å². The first-order valence-corrected chi connectivity index (χ1v) is 9.79. The second-order valence-corrected chi connectivity index (χ2v) is 8.41. The maximum Gasteiger partial charge on any atom is 0.269 e. The number of carbonyl (C=O) groups is 1. The van der Waals surface area contributed by atoms with E-state index < -0.39 is 26.2 Å². The summed E-state index contributed by atoms with van der Waals surface area (Å²) in [5, 5.41) is 10.1. The normalized spacial score (nSPS) is 17.7. The standard InChI is InChI=1S/C16H14N2O5S2/c1-11-5-7-14(8-6-11)25(22,23)17-15(19)10-24-16(17)12-3-2-4-13(9-12)18(20)21/h2-9,16H,10H2,1H3. The van der Waals surface area contributed by atoms with Crippen LogP contribution >= 0.6 is 11.8 Å². The van der Waals surface area contributed by atoms with Crippen molar-refractivity contribution >= 4 is 33.4 Å². The van der Waals surface area contributed by atoms with Crippen LogP contribution in [-0.2, 0) is 14.8 Å². The predicted octanol–water partition coefficient (Wildman–Crippen LogP) is 2.87. The molecule has 0 aromatic heterocycles. The lowest BCUT2D eigenvalue weighted by Gasteiger charge is -2.23. The summed E-state index contributed by atoms with van der Waals surface area (Å²) >= 11 is 1.13. The molecule has 1 amide bonds. The van der Waals surface area contributed by atoms with Crippen molar-refractivity contribution in [2.75, 3.05) is 5.75 Å². The van der Waals surface area contributed by atoms with Crippen molar-refractivity contribution < 1.29 is 18.1 Å². The summed E-state index contributed by atoms with van der Waals surface area (Å²) in [7, 11) is -4.04. The summed E-state index contributed by atoms with van der Waals surface area (Å²) in [6.07, 6.45) is 0.